The minimum absolute atomic E-state index is 0. The predicted octanol–water partition coefficient (Wildman–Crippen LogP) is 5.62. The largest absolute Gasteiger partial charge is 0.496 e. The Morgan fingerprint density at radius 1 is 0.878 bits per heavy atom. The number of ether oxygens (including phenoxy) is 1. The van der Waals surface area contributed by atoms with E-state index in [0.29, 0.717) is 29.1 Å². The number of amides is 1. The fourth-order valence-corrected chi connectivity index (χ4v) is 6.76. The number of hydrogen-bond acceptors (Lipinski definition) is 7. The Morgan fingerprint density at radius 3 is 2.08 bits per heavy atom. The molecule has 3 aromatic carbocycles. The van der Waals surface area contributed by atoms with Crippen LogP contribution in [0.4, 0.5) is 26.3 Å². The topological polar surface area (TPSA) is 79.6 Å². The number of methoxy groups -OCH3 is 1. The SMILES string of the molecule is COc1ccc(-n2nnnc2C(F)(F)F)cc1CN1C[C@@H]2CN(C(=O)C(F)(F)F)CCN2[C@H](C(c2ccccc2)c2ccccc2)C1.Cl.Cl. The van der Waals surface area contributed by atoms with Crippen LogP contribution in [0, 0.1) is 0 Å². The summed E-state index contributed by atoms with van der Waals surface area (Å²) in [4.78, 5) is 17.4. The molecule has 0 spiro atoms. The van der Waals surface area contributed by atoms with Crippen LogP contribution in [0.25, 0.3) is 5.69 Å². The standard InChI is InChI=1S/C32H31F6N7O2.2ClH/c1-47-27-13-12-24(45-29(31(33,34)35)39-40-41-45)16-23(27)17-42-18-25-19-43(30(46)32(36,37)38)14-15-44(25)26(20-42)28(21-8-4-2-5-9-21)22-10-6-3-7-11-22;;/h2-13,16,25-26,28H,14-15,17-20H2,1H3;2*1H/t25-,26+;;/m1../s1. The highest BCUT2D eigenvalue weighted by molar-refractivity contribution is 5.85. The summed E-state index contributed by atoms with van der Waals surface area (Å²) in [7, 11) is 1.44. The molecular weight excluding hydrogens is 699 g/mol. The number of alkyl halides is 6. The Labute approximate surface area is 290 Å². The fourth-order valence-electron chi connectivity index (χ4n) is 6.76. The summed E-state index contributed by atoms with van der Waals surface area (Å²) in [6, 6.07) is 23.4. The van der Waals surface area contributed by atoms with Gasteiger partial charge in [-0.25, -0.2) is 0 Å². The lowest BCUT2D eigenvalue weighted by molar-refractivity contribution is -0.189. The van der Waals surface area contributed by atoms with Gasteiger partial charge >= 0.3 is 18.3 Å². The molecule has 0 bridgehead atoms. The molecule has 2 aliphatic heterocycles. The first-order chi connectivity index (χ1) is 22.4. The van der Waals surface area contributed by atoms with Crippen LogP contribution < -0.4 is 4.74 Å². The molecular formula is C32H33Cl2F6N7O2. The van der Waals surface area contributed by atoms with Crippen LogP contribution in [0.3, 0.4) is 0 Å². The van der Waals surface area contributed by atoms with Crippen LogP contribution in [0.15, 0.2) is 78.9 Å². The predicted molar refractivity (Wildman–Crippen MR) is 172 cm³/mol. The number of halogens is 8. The van der Waals surface area contributed by atoms with E-state index in [4.69, 9.17) is 4.74 Å². The molecule has 0 saturated carbocycles. The first kappa shape index (κ1) is 37.9. The molecule has 0 aliphatic carbocycles. The molecule has 2 fully saturated rings. The van der Waals surface area contributed by atoms with Crippen LogP contribution in [-0.2, 0) is 17.5 Å². The summed E-state index contributed by atoms with van der Waals surface area (Å²) in [6.07, 6.45) is -9.79. The van der Waals surface area contributed by atoms with E-state index in [0.717, 1.165) is 16.0 Å². The Kier molecular flexibility index (Phi) is 11.8. The van der Waals surface area contributed by atoms with Crippen molar-refractivity contribution in [2.75, 3.05) is 39.8 Å². The van der Waals surface area contributed by atoms with Crippen molar-refractivity contribution in [3.63, 3.8) is 0 Å². The number of benzene rings is 3. The van der Waals surface area contributed by atoms with Crippen LogP contribution in [0.2, 0.25) is 0 Å². The fraction of sp³-hybridized carbons (Fsp3) is 0.375. The number of nitrogens with zero attached hydrogens (tertiary/aromatic N) is 7. The summed E-state index contributed by atoms with van der Waals surface area (Å²) in [6.45, 7) is 1.04. The summed E-state index contributed by atoms with van der Waals surface area (Å²) in [5.74, 6) is -2.91. The zero-order valence-corrected chi connectivity index (χ0v) is 27.6. The van der Waals surface area contributed by atoms with E-state index in [2.05, 4.69) is 25.3 Å². The highest BCUT2D eigenvalue weighted by Crippen LogP contribution is 2.37. The van der Waals surface area contributed by atoms with Crippen LogP contribution >= 0.6 is 24.8 Å². The average Bonchev–Trinajstić information content (AvgIpc) is 3.56. The molecule has 3 heterocycles. The lowest BCUT2D eigenvalue weighted by Gasteiger charge is -2.53. The minimum Gasteiger partial charge on any atom is -0.496 e. The highest BCUT2D eigenvalue weighted by atomic mass is 35.5. The Bertz CT molecular complexity index is 1660. The van der Waals surface area contributed by atoms with Gasteiger partial charge in [0.15, 0.2) is 0 Å². The van der Waals surface area contributed by atoms with Crippen molar-refractivity contribution >= 4 is 30.7 Å². The second kappa shape index (κ2) is 15.3. The van der Waals surface area contributed by atoms with Crippen molar-refractivity contribution < 1.29 is 35.9 Å². The van der Waals surface area contributed by atoms with Crippen molar-refractivity contribution in [3.05, 3.63) is 101 Å². The summed E-state index contributed by atoms with van der Waals surface area (Å²) in [5, 5.41) is 9.89. The number of carbonyl (C=O) groups excluding carboxylic acids is 1. The second-order valence-electron chi connectivity index (χ2n) is 11.6. The molecule has 49 heavy (non-hydrogen) atoms. The third-order valence-electron chi connectivity index (χ3n) is 8.73. The molecule has 9 nitrogen and oxygen atoms in total. The smallest absolute Gasteiger partial charge is 0.471 e. The maximum Gasteiger partial charge on any atom is 0.471 e. The number of tetrazole rings is 1. The van der Waals surface area contributed by atoms with Crippen molar-refractivity contribution in [1.82, 2.24) is 34.9 Å². The number of rotatable bonds is 7. The number of hydrogen-bond donors (Lipinski definition) is 0. The van der Waals surface area contributed by atoms with Gasteiger partial charge < -0.3 is 9.64 Å². The zero-order chi connectivity index (χ0) is 33.3. The molecule has 1 amide bonds. The van der Waals surface area contributed by atoms with Crippen molar-refractivity contribution in [2.24, 2.45) is 0 Å². The molecule has 0 unspecified atom stereocenters. The number of aromatic nitrogens is 4. The van der Waals surface area contributed by atoms with Crippen LogP contribution in [0.1, 0.15) is 28.4 Å². The Morgan fingerprint density at radius 2 is 1.51 bits per heavy atom. The molecule has 2 atom stereocenters. The van der Waals surface area contributed by atoms with Crippen molar-refractivity contribution in [3.8, 4) is 11.4 Å². The molecule has 0 radical (unpaired) electrons. The monoisotopic (exact) mass is 731 g/mol. The highest BCUT2D eigenvalue weighted by Gasteiger charge is 2.48. The van der Waals surface area contributed by atoms with Gasteiger partial charge in [0.05, 0.1) is 12.8 Å². The van der Waals surface area contributed by atoms with Gasteiger partial charge in [0.2, 0.25) is 0 Å². The number of fused-ring (bicyclic) bond motifs is 1. The molecule has 17 heteroatoms. The van der Waals surface area contributed by atoms with E-state index in [1.54, 1.807) is 0 Å². The summed E-state index contributed by atoms with van der Waals surface area (Å²) >= 11 is 0. The van der Waals surface area contributed by atoms with Gasteiger partial charge in [0.25, 0.3) is 5.82 Å². The molecule has 6 rings (SSSR count). The van der Waals surface area contributed by atoms with E-state index in [-0.39, 0.29) is 68.6 Å². The van der Waals surface area contributed by atoms with E-state index in [1.165, 1.54) is 25.3 Å². The maximum atomic E-state index is 13.6. The lowest BCUT2D eigenvalue weighted by atomic mass is 9.81. The molecule has 4 aromatic rings. The molecule has 2 aliphatic rings. The number of piperazine rings is 2. The van der Waals surface area contributed by atoms with Gasteiger partial charge in [-0.05, 0) is 39.8 Å². The van der Waals surface area contributed by atoms with E-state index in [1.807, 2.05) is 60.7 Å². The third kappa shape index (κ3) is 8.11. The quantitative estimate of drug-likeness (QED) is 0.228. The third-order valence-corrected chi connectivity index (χ3v) is 8.73. The van der Waals surface area contributed by atoms with Crippen LogP contribution in [0.5, 0.6) is 5.75 Å². The summed E-state index contributed by atoms with van der Waals surface area (Å²) in [5.41, 5.74) is 2.65. The zero-order valence-electron chi connectivity index (χ0n) is 26.0. The molecule has 264 valence electrons. The van der Waals surface area contributed by atoms with Gasteiger partial charge in [-0.15, -0.1) is 29.9 Å². The summed E-state index contributed by atoms with van der Waals surface area (Å²) < 4.78 is 87.5. The normalized spacial score (nSPS) is 18.7. The van der Waals surface area contributed by atoms with E-state index in [9.17, 15) is 31.1 Å². The van der Waals surface area contributed by atoms with Crippen molar-refractivity contribution in [2.45, 2.75) is 36.9 Å². The minimum atomic E-state index is -4.99. The van der Waals surface area contributed by atoms with E-state index >= 15 is 0 Å². The van der Waals surface area contributed by atoms with Gasteiger partial charge in [0, 0.05) is 62.8 Å². The number of carbonyl (C=O) groups is 1. The van der Waals surface area contributed by atoms with Crippen molar-refractivity contribution in [1.29, 1.82) is 0 Å². The van der Waals surface area contributed by atoms with Crippen LogP contribution in [-0.4, -0.2) is 98.9 Å². The molecule has 0 N–H and O–H groups in total. The van der Waals surface area contributed by atoms with Gasteiger partial charge in [0.1, 0.15) is 5.75 Å². The van der Waals surface area contributed by atoms with Gasteiger partial charge in [-0.3, -0.25) is 14.6 Å². The van der Waals surface area contributed by atoms with Gasteiger partial charge in [-0.1, -0.05) is 60.7 Å². The average molecular weight is 733 g/mol. The first-order valence-corrected chi connectivity index (χ1v) is 14.9. The molecule has 1 aromatic heterocycles. The second-order valence-corrected chi connectivity index (χ2v) is 11.6. The lowest BCUT2D eigenvalue weighted by Crippen LogP contribution is -2.68. The van der Waals surface area contributed by atoms with E-state index < -0.39 is 30.1 Å². The maximum absolute atomic E-state index is 13.6. The Hall–Kier alpha value is -3.92. The Balaban J connectivity index is 0.00000270. The van der Waals surface area contributed by atoms with Gasteiger partial charge in [-0.2, -0.15) is 31.0 Å². The molecule has 2 saturated heterocycles. The first-order valence-electron chi connectivity index (χ1n) is 14.9.